The predicted molar refractivity (Wildman–Crippen MR) is 123 cm³/mol. The first-order valence-corrected chi connectivity index (χ1v) is 12.2. The molecule has 0 spiro atoms. The van der Waals surface area contributed by atoms with Gasteiger partial charge in [-0.3, -0.25) is 4.57 Å². The van der Waals surface area contributed by atoms with Crippen LogP contribution in [0.25, 0.3) is 11.4 Å². The van der Waals surface area contributed by atoms with Gasteiger partial charge in [-0.15, -0.1) is 10.2 Å². The van der Waals surface area contributed by atoms with E-state index in [0.29, 0.717) is 23.4 Å². The fraction of sp³-hybridized carbons (Fsp3) is 0.565. The molecule has 32 heavy (non-hydrogen) atoms. The van der Waals surface area contributed by atoms with E-state index < -0.39 is 0 Å². The van der Waals surface area contributed by atoms with Crippen molar-refractivity contribution in [3.05, 3.63) is 29.9 Å². The maximum Gasteiger partial charge on any atom is 0.239 e. The molecule has 1 aliphatic rings. The van der Waals surface area contributed by atoms with Gasteiger partial charge in [-0.05, 0) is 44.4 Å². The standard InChI is InChI=1S/C23H31N5O3S/c1-5-9-20-24-22(31-27-20)15(2)32-23-26-25-21(28(23)17-10-7-6-8-11-17)16-12-13-18(29-3)19(14-16)30-4/h12-15,17H,5-11H2,1-4H3/t15-/m0/s1. The highest BCUT2D eigenvalue weighted by atomic mass is 32.2. The Morgan fingerprint density at radius 3 is 2.62 bits per heavy atom. The van der Waals surface area contributed by atoms with Gasteiger partial charge in [0, 0.05) is 18.0 Å². The number of hydrogen-bond acceptors (Lipinski definition) is 8. The van der Waals surface area contributed by atoms with E-state index in [0.717, 1.165) is 48.1 Å². The summed E-state index contributed by atoms with van der Waals surface area (Å²) in [4.78, 5) is 4.56. The number of thioether (sulfide) groups is 1. The maximum absolute atomic E-state index is 5.52. The molecule has 0 aliphatic heterocycles. The van der Waals surface area contributed by atoms with Crippen molar-refractivity contribution < 1.29 is 14.0 Å². The molecule has 2 heterocycles. The molecule has 1 saturated carbocycles. The third kappa shape index (κ3) is 4.77. The Kier molecular flexibility index (Phi) is 7.34. The molecular formula is C23H31N5O3S. The third-order valence-corrected chi connectivity index (χ3v) is 6.88. The second-order valence-corrected chi connectivity index (χ2v) is 9.40. The first kappa shape index (κ1) is 22.6. The minimum Gasteiger partial charge on any atom is -0.493 e. The smallest absolute Gasteiger partial charge is 0.239 e. The summed E-state index contributed by atoms with van der Waals surface area (Å²) >= 11 is 1.62. The van der Waals surface area contributed by atoms with Crippen molar-refractivity contribution in [2.24, 2.45) is 0 Å². The molecule has 0 saturated heterocycles. The molecule has 1 aliphatic carbocycles. The number of benzene rings is 1. The number of methoxy groups -OCH3 is 2. The van der Waals surface area contributed by atoms with Gasteiger partial charge in [0.1, 0.15) is 0 Å². The maximum atomic E-state index is 5.52. The molecule has 1 atom stereocenters. The van der Waals surface area contributed by atoms with E-state index in [4.69, 9.17) is 14.0 Å². The van der Waals surface area contributed by atoms with Crippen LogP contribution >= 0.6 is 11.8 Å². The third-order valence-electron chi connectivity index (χ3n) is 5.83. The van der Waals surface area contributed by atoms with E-state index in [1.807, 2.05) is 18.2 Å². The lowest BCUT2D eigenvalue weighted by atomic mass is 9.95. The van der Waals surface area contributed by atoms with Crippen molar-refractivity contribution in [1.82, 2.24) is 24.9 Å². The number of rotatable bonds is 9. The highest BCUT2D eigenvalue weighted by Crippen LogP contribution is 2.41. The number of nitrogens with zero attached hydrogens (tertiary/aromatic N) is 5. The minimum atomic E-state index is -0.0158. The van der Waals surface area contributed by atoms with Gasteiger partial charge in [-0.1, -0.05) is 43.1 Å². The second kappa shape index (κ2) is 10.4. The predicted octanol–water partition coefficient (Wildman–Crippen LogP) is 5.66. The summed E-state index contributed by atoms with van der Waals surface area (Å²) in [7, 11) is 3.29. The Hall–Kier alpha value is -2.55. The molecule has 172 valence electrons. The summed E-state index contributed by atoms with van der Waals surface area (Å²) in [6.07, 6.45) is 7.79. The molecule has 1 aromatic carbocycles. The van der Waals surface area contributed by atoms with Crippen molar-refractivity contribution >= 4 is 11.8 Å². The van der Waals surface area contributed by atoms with Crippen molar-refractivity contribution in [3.8, 4) is 22.9 Å². The zero-order chi connectivity index (χ0) is 22.5. The normalized spacial score (nSPS) is 15.6. The van der Waals surface area contributed by atoms with E-state index in [1.165, 1.54) is 19.3 Å². The van der Waals surface area contributed by atoms with E-state index in [-0.39, 0.29) is 5.25 Å². The average molecular weight is 458 g/mol. The van der Waals surface area contributed by atoms with E-state index in [2.05, 4.69) is 38.8 Å². The van der Waals surface area contributed by atoms with Gasteiger partial charge < -0.3 is 14.0 Å². The molecule has 8 nitrogen and oxygen atoms in total. The van der Waals surface area contributed by atoms with Gasteiger partial charge >= 0.3 is 0 Å². The van der Waals surface area contributed by atoms with Crippen LogP contribution in [0.5, 0.6) is 11.5 Å². The molecule has 4 rings (SSSR count). The van der Waals surface area contributed by atoms with Crippen LogP contribution in [0.2, 0.25) is 0 Å². The number of ether oxygens (including phenoxy) is 2. The van der Waals surface area contributed by atoms with Gasteiger partial charge in [0.05, 0.1) is 19.5 Å². The molecule has 0 N–H and O–H groups in total. The molecule has 0 radical (unpaired) electrons. The van der Waals surface area contributed by atoms with Crippen molar-refractivity contribution in [3.63, 3.8) is 0 Å². The fourth-order valence-electron chi connectivity index (χ4n) is 4.16. The molecule has 2 aromatic heterocycles. The van der Waals surface area contributed by atoms with E-state index >= 15 is 0 Å². The Balaban J connectivity index is 1.67. The Morgan fingerprint density at radius 1 is 1.12 bits per heavy atom. The first-order valence-electron chi connectivity index (χ1n) is 11.3. The summed E-state index contributed by atoms with van der Waals surface area (Å²) in [5.41, 5.74) is 0.961. The van der Waals surface area contributed by atoms with Crippen LogP contribution in [-0.4, -0.2) is 39.1 Å². The van der Waals surface area contributed by atoms with Crippen LogP contribution < -0.4 is 9.47 Å². The zero-order valence-electron chi connectivity index (χ0n) is 19.2. The van der Waals surface area contributed by atoms with E-state index in [9.17, 15) is 0 Å². The highest BCUT2D eigenvalue weighted by Gasteiger charge is 2.27. The van der Waals surface area contributed by atoms with Crippen molar-refractivity contribution in [1.29, 1.82) is 0 Å². The second-order valence-electron chi connectivity index (χ2n) is 8.10. The Bertz CT molecular complexity index is 1030. The van der Waals surface area contributed by atoms with Crippen molar-refractivity contribution in [2.45, 2.75) is 75.2 Å². The monoisotopic (exact) mass is 457 g/mol. The first-order chi connectivity index (χ1) is 15.6. The molecular weight excluding hydrogens is 426 g/mol. The summed E-state index contributed by atoms with van der Waals surface area (Å²) in [6.45, 7) is 4.18. The fourth-order valence-corrected chi connectivity index (χ4v) is 5.11. The van der Waals surface area contributed by atoms with Gasteiger partial charge in [-0.25, -0.2) is 0 Å². The van der Waals surface area contributed by atoms with E-state index in [1.54, 1.807) is 26.0 Å². The van der Waals surface area contributed by atoms with Crippen molar-refractivity contribution in [2.75, 3.05) is 14.2 Å². The van der Waals surface area contributed by atoms with Crippen LogP contribution in [-0.2, 0) is 6.42 Å². The molecule has 9 heteroatoms. The quantitative estimate of drug-likeness (QED) is 0.381. The molecule has 3 aromatic rings. The minimum absolute atomic E-state index is 0.0158. The topological polar surface area (TPSA) is 88.1 Å². The van der Waals surface area contributed by atoms with Crippen LogP contribution in [0.3, 0.4) is 0 Å². The SMILES string of the molecule is CCCc1noc([C@H](C)Sc2nnc(-c3ccc(OC)c(OC)c3)n2C2CCCCC2)n1. The Labute approximate surface area is 193 Å². The van der Waals surface area contributed by atoms with Crippen LogP contribution in [0, 0.1) is 0 Å². The average Bonchev–Trinajstić information content (AvgIpc) is 3.47. The molecule has 0 amide bonds. The van der Waals surface area contributed by atoms with Gasteiger partial charge in [0.25, 0.3) is 0 Å². The number of aryl methyl sites for hydroxylation is 1. The lowest BCUT2D eigenvalue weighted by molar-refractivity contribution is 0.338. The number of aromatic nitrogens is 5. The highest BCUT2D eigenvalue weighted by molar-refractivity contribution is 7.99. The lowest BCUT2D eigenvalue weighted by Gasteiger charge is -2.26. The van der Waals surface area contributed by atoms with Gasteiger partial charge in [0.2, 0.25) is 5.89 Å². The van der Waals surface area contributed by atoms with Crippen LogP contribution in [0.1, 0.15) is 75.4 Å². The summed E-state index contributed by atoms with van der Waals surface area (Å²) in [5, 5.41) is 14.2. The van der Waals surface area contributed by atoms with Gasteiger partial charge in [-0.2, -0.15) is 4.98 Å². The van der Waals surface area contributed by atoms with Gasteiger partial charge in [0.15, 0.2) is 28.3 Å². The lowest BCUT2D eigenvalue weighted by Crippen LogP contribution is -2.15. The van der Waals surface area contributed by atoms with Crippen LogP contribution in [0.15, 0.2) is 27.9 Å². The van der Waals surface area contributed by atoms with Crippen LogP contribution in [0.4, 0.5) is 0 Å². The zero-order valence-corrected chi connectivity index (χ0v) is 20.0. The molecule has 0 unspecified atom stereocenters. The Morgan fingerprint density at radius 2 is 1.91 bits per heavy atom. The number of hydrogen-bond donors (Lipinski definition) is 0. The summed E-state index contributed by atoms with van der Waals surface area (Å²) in [6, 6.07) is 6.26. The molecule has 1 fully saturated rings. The largest absolute Gasteiger partial charge is 0.493 e. The summed E-state index contributed by atoms with van der Waals surface area (Å²) < 4.78 is 18.7. The molecule has 0 bridgehead atoms. The summed E-state index contributed by atoms with van der Waals surface area (Å²) in [5.74, 6) is 3.62.